The summed E-state index contributed by atoms with van der Waals surface area (Å²) in [5.74, 6) is 1.01. The van der Waals surface area contributed by atoms with Gasteiger partial charge in [-0.1, -0.05) is 12.1 Å². The van der Waals surface area contributed by atoms with Crippen LogP contribution < -0.4 is 5.73 Å². The molecule has 0 atom stereocenters. The first kappa shape index (κ1) is 21.2. The van der Waals surface area contributed by atoms with Crippen LogP contribution in [0.1, 0.15) is 12.0 Å². The van der Waals surface area contributed by atoms with Gasteiger partial charge >= 0.3 is 5.97 Å². The molecule has 0 radical (unpaired) electrons. The lowest BCUT2D eigenvalue weighted by atomic mass is 10.1. The highest BCUT2D eigenvalue weighted by Crippen LogP contribution is 2.17. The second-order valence-electron chi connectivity index (χ2n) is 6.15. The van der Waals surface area contributed by atoms with Crippen molar-refractivity contribution >= 4 is 23.7 Å². The number of amidine groups is 1. The van der Waals surface area contributed by atoms with Crippen LogP contribution in [0.5, 0.6) is 0 Å². The van der Waals surface area contributed by atoms with Crippen molar-refractivity contribution in [3.8, 4) is 0 Å². The van der Waals surface area contributed by atoms with Crippen molar-refractivity contribution in [2.24, 2.45) is 9.98 Å². The van der Waals surface area contributed by atoms with Crippen LogP contribution in [0.25, 0.3) is 0 Å². The summed E-state index contributed by atoms with van der Waals surface area (Å²) in [6.07, 6.45) is 2.57. The Kier molecular flexibility index (Phi) is 8.34. The first-order chi connectivity index (χ1) is 12.3. The summed E-state index contributed by atoms with van der Waals surface area (Å²) in [7, 11) is 10.6. The van der Waals surface area contributed by atoms with Gasteiger partial charge in [-0.15, -0.1) is 0 Å². The summed E-state index contributed by atoms with van der Waals surface area (Å²) in [6.45, 7) is 0. The molecule has 7 nitrogen and oxygen atoms in total. The number of nitrogens with zero attached hydrogens (tertiary/aromatic N) is 4. The Balaban J connectivity index is 3.23. The van der Waals surface area contributed by atoms with Gasteiger partial charge < -0.3 is 20.3 Å². The van der Waals surface area contributed by atoms with Crippen molar-refractivity contribution in [1.82, 2.24) is 9.80 Å². The van der Waals surface area contributed by atoms with Gasteiger partial charge in [-0.25, -0.2) is 4.99 Å². The van der Waals surface area contributed by atoms with Crippen LogP contribution in [0.2, 0.25) is 0 Å². The van der Waals surface area contributed by atoms with Gasteiger partial charge in [0.15, 0.2) is 0 Å². The summed E-state index contributed by atoms with van der Waals surface area (Å²) in [5.41, 5.74) is 8.26. The summed E-state index contributed by atoms with van der Waals surface area (Å²) in [6, 6.07) is 7.66. The number of rotatable bonds is 7. The maximum atomic E-state index is 11.9. The van der Waals surface area contributed by atoms with E-state index in [1.165, 1.54) is 7.11 Å². The quantitative estimate of drug-likeness (QED) is 0.347. The average molecular weight is 359 g/mol. The van der Waals surface area contributed by atoms with Gasteiger partial charge in [0, 0.05) is 59.1 Å². The zero-order valence-corrected chi connectivity index (χ0v) is 16.5. The van der Waals surface area contributed by atoms with Gasteiger partial charge in [0.25, 0.3) is 0 Å². The van der Waals surface area contributed by atoms with Crippen molar-refractivity contribution in [3.63, 3.8) is 0 Å². The molecule has 1 aromatic carbocycles. The number of carbonyl (C=O) groups excluding carboxylic acids is 1. The molecule has 0 aliphatic rings. The molecule has 26 heavy (non-hydrogen) atoms. The molecule has 0 saturated carbocycles. The molecule has 0 bridgehead atoms. The van der Waals surface area contributed by atoms with E-state index >= 15 is 0 Å². The summed E-state index contributed by atoms with van der Waals surface area (Å²) < 4.78 is 4.84. The topological polar surface area (TPSA) is 83.5 Å². The van der Waals surface area contributed by atoms with E-state index < -0.39 is 0 Å². The van der Waals surface area contributed by atoms with E-state index in [0.717, 1.165) is 11.3 Å². The maximum Gasteiger partial charge on any atom is 0.310 e. The average Bonchev–Trinajstić information content (AvgIpc) is 2.59. The van der Waals surface area contributed by atoms with Crippen LogP contribution in [0, 0.1) is 0 Å². The molecule has 0 spiro atoms. The van der Waals surface area contributed by atoms with E-state index in [1.54, 1.807) is 7.05 Å². The SMILES string of the molecule is C\N=C(/C(CC(=O)OC)=C(\N=C\Cc1ccc(N)cc1)N(C)C)N(C)C. The predicted molar refractivity (Wildman–Crippen MR) is 107 cm³/mol. The van der Waals surface area contributed by atoms with Crippen molar-refractivity contribution in [1.29, 1.82) is 0 Å². The molecule has 142 valence electrons. The molecule has 7 heteroatoms. The Bertz CT molecular complexity index is 688. The molecule has 0 aromatic heterocycles. The number of ether oxygens (including phenoxy) is 1. The van der Waals surface area contributed by atoms with E-state index in [2.05, 4.69) is 9.98 Å². The van der Waals surface area contributed by atoms with Gasteiger partial charge in [0.05, 0.1) is 13.5 Å². The third-order valence-electron chi connectivity index (χ3n) is 3.67. The van der Waals surface area contributed by atoms with E-state index in [0.29, 0.717) is 23.7 Å². The fraction of sp³-hybridized carbons (Fsp3) is 0.421. The van der Waals surface area contributed by atoms with E-state index in [4.69, 9.17) is 10.5 Å². The van der Waals surface area contributed by atoms with Gasteiger partial charge in [0.2, 0.25) is 0 Å². The molecular formula is C19H29N5O2. The molecule has 0 saturated heterocycles. The van der Waals surface area contributed by atoms with Gasteiger partial charge in [-0.3, -0.25) is 9.79 Å². The zero-order valence-electron chi connectivity index (χ0n) is 16.5. The number of methoxy groups -OCH3 is 1. The smallest absolute Gasteiger partial charge is 0.310 e. The maximum absolute atomic E-state index is 11.9. The van der Waals surface area contributed by atoms with Crippen LogP contribution in [0.4, 0.5) is 5.69 Å². The lowest BCUT2D eigenvalue weighted by Gasteiger charge is -2.23. The van der Waals surface area contributed by atoms with Gasteiger partial charge in [-0.05, 0) is 17.7 Å². The van der Waals surface area contributed by atoms with Gasteiger partial charge in [-0.2, -0.15) is 0 Å². The lowest BCUT2D eigenvalue weighted by Crippen LogP contribution is -2.29. The molecule has 0 unspecified atom stereocenters. The number of esters is 1. The lowest BCUT2D eigenvalue weighted by molar-refractivity contribution is -0.139. The summed E-state index contributed by atoms with van der Waals surface area (Å²) >= 11 is 0. The minimum atomic E-state index is -0.337. The summed E-state index contributed by atoms with van der Waals surface area (Å²) in [5, 5.41) is 0. The standard InChI is InChI=1S/C19H29N5O2/c1-21-18(23(2)3)16(13-17(25)26-6)19(24(4)5)22-12-11-14-7-9-15(20)10-8-14/h7-10,12H,11,13,20H2,1-6H3/b19-16+,21-18+,22-12+. The first-order valence-electron chi connectivity index (χ1n) is 8.28. The fourth-order valence-electron chi connectivity index (χ4n) is 2.43. The largest absolute Gasteiger partial charge is 0.469 e. The minimum absolute atomic E-state index is 0.0913. The molecule has 1 aromatic rings. The van der Waals surface area contributed by atoms with Crippen LogP contribution in [0.15, 0.2) is 45.6 Å². The normalized spacial score (nSPS) is 12.8. The van der Waals surface area contributed by atoms with E-state index in [-0.39, 0.29) is 12.4 Å². The van der Waals surface area contributed by atoms with Crippen molar-refractivity contribution < 1.29 is 9.53 Å². The number of hydrogen-bond donors (Lipinski definition) is 1. The Labute approximate surface area is 155 Å². The Morgan fingerprint density at radius 1 is 1.15 bits per heavy atom. The summed E-state index contributed by atoms with van der Waals surface area (Å²) in [4.78, 5) is 24.6. The van der Waals surface area contributed by atoms with Crippen molar-refractivity contribution in [2.75, 3.05) is 48.1 Å². The van der Waals surface area contributed by atoms with E-state index in [1.807, 2.05) is 68.5 Å². The number of carbonyl (C=O) groups is 1. The van der Waals surface area contributed by atoms with Crippen LogP contribution >= 0.6 is 0 Å². The van der Waals surface area contributed by atoms with Crippen LogP contribution in [-0.2, 0) is 16.0 Å². The van der Waals surface area contributed by atoms with Crippen LogP contribution in [-0.4, -0.2) is 70.2 Å². The third-order valence-corrected chi connectivity index (χ3v) is 3.67. The number of nitrogens with two attached hydrogens (primary N) is 1. The highest BCUT2D eigenvalue weighted by atomic mass is 16.5. The Morgan fingerprint density at radius 3 is 2.23 bits per heavy atom. The number of likely N-dealkylation sites (N-methyl/N-ethyl adjacent to an activating group) is 1. The molecule has 0 amide bonds. The van der Waals surface area contributed by atoms with E-state index in [9.17, 15) is 4.79 Å². The molecular weight excluding hydrogens is 330 g/mol. The molecule has 0 heterocycles. The molecule has 1 rings (SSSR count). The number of hydrogen-bond acceptors (Lipinski definition) is 6. The Hall–Kier alpha value is -2.83. The Morgan fingerprint density at radius 2 is 1.77 bits per heavy atom. The first-order valence-corrected chi connectivity index (χ1v) is 8.28. The minimum Gasteiger partial charge on any atom is -0.469 e. The predicted octanol–water partition coefficient (Wildman–Crippen LogP) is 1.81. The fourth-order valence-corrected chi connectivity index (χ4v) is 2.43. The number of anilines is 1. The van der Waals surface area contributed by atoms with Crippen molar-refractivity contribution in [3.05, 3.63) is 41.2 Å². The highest BCUT2D eigenvalue weighted by Gasteiger charge is 2.20. The highest BCUT2D eigenvalue weighted by molar-refractivity contribution is 6.02. The monoisotopic (exact) mass is 359 g/mol. The van der Waals surface area contributed by atoms with Gasteiger partial charge in [0.1, 0.15) is 11.7 Å². The second kappa shape index (κ2) is 10.2. The third kappa shape index (κ3) is 6.23. The zero-order chi connectivity index (χ0) is 19.7. The second-order valence-corrected chi connectivity index (χ2v) is 6.15. The number of aliphatic imine (C=N–C) groups is 2. The molecule has 0 aliphatic carbocycles. The number of nitrogen functional groups attached to an aromatic ring is 1. The van der Waals surface area contributed by atoms with Crippen LogP contribution in [0.3, 0.4) is 0 Å². The molecule has 2 N–H and O–H groups in total. The molecule has 0 aliphatic heterocycles. The molecule has 0 fully saturated rings. The van der Waals surface area contributed by atoms with Crippen molar-refractivity contribution in [2.45, 2.75) is 12.8 Å². The number of benzene rings is 1.